The van der Waals surface area contributed by atoms with Gasteiger partial charge in [-0.1, -0.05) is 53.7 Å². The fourth-order valence-electron chi connectivity index (χ4n) is 5.82. The van der Waals surface area contributed by atoms with Crippen molar-refractivity contribution in [3.63, 3.8) is 0 Å². The number of oxime groups is 1. The van der Waals surface area contributed by atoms with Crippen LogP contribution in [0, 0.1) is 5.41 Å². The minimum atomic E-state index is -1.20. The summed E-state index contributed by atoms with van der Waals surface area (Å²) >= 11 is 0. The fraction of sp³-hybridized carbons (Fsp3) is 0.238. The van der Waals surface area contributed by atoms with E-state index in [0.717, 1.165) is 22.3 Å². The summed E-state index contributed by atoms with van der Waals surface area (Å²) < 4.78 is 0. The average molecular weight is 329 g/mol. The topological polar surface area (TPSA) is 58.9 Å². The van der Waals surface area contributed by atoms with Crippen molar-refractivity contribution in [3.8, 4) is 0 Å². The molecule has 2 bridgehead atoms. The molecule has 25 heavy (non-hydrogen) atoms. The zero-order chi connectivity index (χ0) is 17.0. The minimum absolute atomic E-state index is 0.0789. The lowest BCUT2D eigenvalue weighted by atomic mass is 9.44. The van der Waals surface area contributed by atoms with Gasteiger partial charge in [0.05, 0.1) is 11.6 Å². The van der Waals surface area contributed by atoms with Gasteiger partial charge in [-0.05, 0) is 29.2 Å². The van der Waals surface area contributed by atoms with Crippen LogP contribution in [-0.2, 0) is 9.63 Å². The van der Waals surface area contributed by atoms with Crippen LogP contribution in [0.15, 0.2) is 65.5 Å². The molecule has 2 unspecified atom stereocenters. The SMILES string of the molecule is CC1=NOC23C(=O)C=C(O)C12C1c2ccccc2C3c2ccccc21. The standard InChI is InChI=1S/C21H15NO3/c1-11-20-16(23)10-17(24)21(20,25-22-11)19-14-8-4-2-6-12(14)18(20)13-7-3-5-9-15(13)19/h2-10,18-19,23H,1H3. The largest absolute Gasteiger partial charge is 0.511 e. The van der Waals surface area contributed by atoms with Gasteiger partial charge in [0.15, 0.2) is 0 Å². The zero-order valence-electron chi connectivity index (χ0n) is 13.6. The van der Waals surface area contributed by atoms with Crippen LogP contribution >= 0.6 is 0 Å². The lowest BCUT2D eigenvalue weighted by Crippen LogP contribution is -2.64. The molecule has 1 aliphatic heterocycles. The number of carbonyl (C=O) groups is 1. The van der Waals surface area contributed by atoms with Gasteiger partial charge in [0.1, 0.15) is 11.2 Å². The van der Waals surface area contributed by atoms with Crippen LogP contribution in [-0.4, -0.2) is 22.2 Å². The smallest absolute Gasteiger partial charge is 0.228 e. The van der Waals surface area contributed by atoms with Crippen molar-refractivity contribution in [2.75, 3.05) is 0 Å². The molecule has 2 aromatic carbocycles. The van der Waals surface area contributed by atoms with E-state index in [0.29, 0.717) is 5.71 Å². The molecule has 0 radical (unpaired) electrons. The summed E-state index contributed by atoms with van der Waals surface area (Å²) in [5.74, 6) is -0.571. The summed E-state index contributed by atoms with van der Waals surface area (Å²) in [6.07, 6.45) is 1.36. The number of nitrogens with zero attached hydrogens (tertiary/aromatic N) is 1. The second-order valence-corrected chi connectivity index (χ2v) is 7.33. The lowest BCUT2D eigenvalue weighted by molar-refractivity contribution is -0.150. The third kappa shape index (κ3) is 1.09. The molecule has 4 heteroatoms. The van der Waals surface area contributed by atoms with Crippen molar-refractivity contribution in [1.82, 2.24) is 0 Å². The van der Waals surface area contributed by atoms with Crippen molar-refractivity contribution in [2.45, 2.75) is 24.4 Å². The average Bonchev–Trinajstić information content (AvgIpc) is 3.09. The Kier molecular flexibility index (Phi) is 2.07. The highest BCUT2D eigenvalue weighted by Gasteiger charge is 2.80. The molecular formula is C21H15NO3. The molecular weight excluding hydrogens is 314 g/mol. The Morgan fingerprint density at radius 3 is 2.04 bits per heavy atom. The van der Waals surface area contributed by atoms with E-state index in [9.17, 15) is 9.90 Å². The maximum absolute atomic E-state index is 13.1. The molecule has 0 spiro atoms. The molecule has 122 valence electrons. The van der Waals surface area contributed by atoms with Crippen LogP contribution < -0.4 is 0 Å². The van der Waals surface area contributed by atoms with Gasteiger partial charge in [-0.15, -0.1) is 0 Å². The predicted octanol–water partition coefficient (Wildman–Crippen LogP) is 3.43. The van der Waals surface area contributed by atoms with E-state index in [1.54, 1.807) is 0 Å². The maximum atomic E-state index is 13.1. The van der Waals surface area contributed by atoms with Gasteiger partial charge in [-0.2, -0.15) is 0 Å². The van der Waals surface area contributed by atoms with Crippen molar-refractivity contribution < 1.29 is 14.7 Å². The molecule has 2 atom stereocenters. The van der Waals surface area contributed by atoms with E-state index in [1.165, 1.54) is 6.08 Å². The van der Waals surface area contributed by atoms with Gasteiger partial charge in [0.2, 0.25) is 11.4 Å². The van der Waals surface area contributed by atoms with E-state index in [2.05, 4.69) is 29.4 Å². The Balaban J connectivity index is 1.84. The molecule has 0 saturated heterocycles. The predicted molar refractivity (Wildman–Crippen MR) is 91.6 cm³/mol. The monoisotopic (exact) mass is 329 g/mol. The molecule has 5 aliphatic rings. The molecule has 0 fully saturated rings. The zero-order valence-corrected chi connectivity index (χ0v) is 13.6. The number of aliphatic hydroxyl groups excluding tert-OH is 1. The summed E-state index contributed by atoms with van der Waals surface area (Å²) in [4.78, 5) is 19.1. The summed E-state index contributed by atoms with van der Waals surface area (Å²) in [7, 11) is 0. The third-order valence-corrected chi connectivity index (χ3v) is 6.60. The van der Waals surface area contributed by atoms with Gasteiger partial charge in [0, 0.05) is 12.0 Å². The van der Waals surface area contributed by atoms with Crippen molar-refractivity contribution in [3.05, 3.63) is 82.6 Å². The normalized spacial score (nSPS) is 36.0. The summed E-state index contributed by atoms with van der Waals surface area (Å²) in [5.41, 5.74) is 3.04. The number of hydrogen-bond acceptors (Lipinski definition) is 4. The Morgan fingerprint density at radius 1 is 0.960 bits per heavy atom. The first kappa shape index (κ1) is 13.4. The van der Waals surface area contributed by atoms with Gasteiger partial charge in [-0.25, -0.2) is 0 Å². The number of rotatable bonds is 0. The molecule has 4 aliphatic carbocycles. The summed E-state index contributed by atoms with van der Waals surface area (Å²) in [5, 5.41) is 15.2. The van der Waals surface area contributed by atoms with E-state index < -0.39 is 11.0 Å². The summed E-state index contributed by atoms with van der Waals surface area (Å²) in [6.45, 7) is 1.86. The van der Waals surface area contributed by atoms with Crippen molar-refractivity contribution >= 4 is 11.5 Å². The second-order valence-electron chi connectivity index (χ2n) is 7.33. The number of carbonyl (C=O) groups excluding carboxylic acids is 1. The Morgan fingerprint density at radius 2 is 1.48 bits per heavy atom. The molecule has 1 heterocycles. The molecule has 2 aromatic rings. The number of aliphatic hydroxyl groups is 1. The fourth-order valence-corrected chi connectivity index (χ4v) is 5.82. The van der Waals surface area contributed by atoms with Crippen molar-refractivity contribution in [1.29, 1.82) is 0 Å². The quantitative estimate of drug-likeness (QED) is 0.805. The van der Waals surface area contributed by atoms with Crippen LogP contribution in [0.2, 0.25) is 0 Å². The molecule has 0 amide bonds. The first-order valence-corrected chi connectivity index (χ1v) is 8.50. The first-order chi connectivity index (χ1) is 12.1. The molecule has 0 saturated carbocycles. The van der Waals surface area contributed by atoms with Gasteiger partial charge >= 0.3 is 0 Å². The van der Waals surface area contributed by atoms with Crippen LogP contribution in [0.3, 0.4) is 0 Å². The molecule has 4 nitrogen and oxygen atoms in total. The molecule has 0 aromatic heterocycles. The highest BCUT2D eigenvalue weighted by atomic mass is 16.7. The Hall–Kier alpha value is -2.88. The van der Waals surface area contributed by atoms with E-state index in [1.807, 2.05) is 31.2 Å². The number of benzene rings is 2. The summed E-state index contributed by atoms with van der Waals surface area (Å²) in [6, 6.07) is 16.4. The molecule has 1 N–H and O–H groups in total. The molecule has 7 rings (SSSR count). The van der Waals surface area contributed by atoms with Crippen LogP contribution in [0.5, 0.6) is 0 Å². The maximum Gasteiger partial charge on any atom is 0.228 e. The van der Waals surface area contributed by atoms with Crippen molar-refractivity contribution in [2.24, 2.45) is 10.6 Å². The highest BCUT2D eigenvalue weighted by molar-refractivity contribution is 6.14. The minimum Gasteiger partial charge on any atom is -0.511 e. The van der Waals surface area contributed by atoms with Crippen LogP contribution in [0.1, 0.15) is 41.0 Å². The van der Waals surface area contributed by atoms with Gasteiger partial charge in [0.25, 0.3) is 0 Å². The first-order valence-electron chi connectivity index (χ1n) is 8.50. The third-order valence-electron chi connectivity index (χ3n) is 6.60. The van der Waals surface area contributed by atoms with E-state index >= 15 is 0 Å². The number of hydrogen-bond donors (Lipinski definition) is 1. The van der Waals surface area contributed by atoms with Gasteiger partial charge in [-0.3, -0.25) is 4.79 Å². The van der Waals surface area contributed by atoms with Gasteiger partial charge < -0.3 is 9.94 Å². The number of ketones is 1. The van der Waals surface area contributed by atoms with Crippen LogP contribution in [0.25, 0.3) is 0 Å². The Bertz CT molecular complexity index is 1010. The van der Waals surface area contributed by atoms with E-state index in [4.69, 9.17) is 4.84 Å². The Labute approximate surface area is 144 Å². The van der Waals surface area contributed by atoms with E-state index in [-0.39, 0.29) is 23.4 Å². The van der Waals surface area contributed by atoms with Crippen LogP contribution in [0.4, 0.5) is 0 Å². The second kappa shape index (κ2) is 3.85. The highest BCUT2D eigenvalue weighted by Crippen LogP contribution is 2.73. The lowest BCUT2D eigenvalue weighted by Gasteiger charge is -2.56.